The number of rotatable bonds is 9. The lowest BCUT2D eigenvalue weighted by Gasteiger charge is -2.22. The summed E-state index contributed by atoms with van der Waals surface area (Å²) in [5.41, 5.74) is -0.630. The zero-order valence-corrected chi connectivity index (χ0v) is 19.8. The number of aliphatic hydroxyl groups excluding tert-OH is 1. The number of nitrogens with zero attached hydrogens (tertiary/aromatic N) is 1. The van der Waals surface area contributed by atoms with Crippen LogP contribution in [0.2, 0.25) is 0 Å². The van der Waals surface area contributed by atoms with Gasteiger partial charge in [0.2, 0.25) is 5.82 Å². The molecule has 0 spiro atoms. The van der Waals surface area contributed by atoms with E-state index in [0.29, 0.717) is 11.8 Å². The molecule has 3 heterocycles. The topological polar surface area (TPSA) is 185 Å². The minimum absolute atomic E-state index is 0.00984. The summed E-state index contributed by atoms with van der Waals surface area (Å²) in [6.07, 6.45) is -1.39. The van der Waals surface area contributed by atoms with Gasteiger partial charge in [0, 0.05) is 29.9 Å². The van der Waals surface area contributed by atoms with Crippen LogP contribution in [0.4, 0.5) is 4.39 Å². The highest BCUT2D eigenvalue weighted by Crippen LogP contribution is 2.40. The number of aliphatic hydroxyl groups is 1. The Hall–Kier alpha value is -3.13. The van der Waals surface area contributed by atoms with Crippen LogP contribution in [-0.4, -0.2) is 62.5 Å². The van der Waals surface area contributed by atoms with Crippen molar-refractivity contribution in [1.82, 2.24) is 19.6 Å². The number of hydrogen-bond donors (Lipinski definition) is 5. The SMILES string of the molecule is COC(=O)C(Cc1c[nH]c2ccccc12)NP(=O)(O)OCC1OC(n2cc(F)c(=O)[nH]c2=O)CC1O. The zero-order valence-electron chi connectivity index (χ0n) is 18.9. The Morgan fingerprint density at radius 2 is 2.14 bits per heavy atom. The van der Waals surface area contributed by atoms with E-state index in [1.807, 2.05) is 24.3 Å². The number of carbonyl (C=O) groups excluding carboxylic acids is 1. The zero-order chi connectivity index (χ0) is 26.0. The number of methoxy groups -OCH3 is 1. The van der Waals surface area contributed by atoms with Crippen LogP contribution in [0.15, 0.2) is 46.2 Å². The quantitative estimate of drug-likeness (QED) is 0.192. The molecular formula is C21H24FN4O9P. The lowest BCUT2D eigenvalue weighted by atomic mass is 10.1. The van der Waals surface area contributed by atoms with Gasteiger partial charge in [-0.15, -0.1) is 0 Å². The molecule has 1 aliphatic heterocycles. The summed E-state index contributed by atoms with van der Waals surface area (Å²) in [7, 11) is -3.48. The summed E-state index contributed by atoms with van der Waals surface area (Å²) >= 11 is 0. The van der Waals surface area contributed by atoms with E-state index in [4.69, 9.17) is 14.0 Å². The van der Waals surface area contributed by atoms with Crippen molar-refractivity contribution in [2.45, 2.75) is 37.3 Å². The van der Waals surface area contributed by atoms with Gasteiger partial charge in [-0.25, -0.2) is 14.4 Å². The van der Waals surface area contributed by atoms with E-state index in [1.54, 1.807) is 11.2 Å². The molecule has 15 heteroatoms. The van der Waals surface area contributed by atoms with Crippen LogP contribution < -0.4 is 16.3 Å². The second-order valence-electron chi connectivity index (χ2n) is 8.16. The van der Waals surface area contributed by atoms with Crippen LogP contribution in [0.1, 0.15) is 18.2 Å². The Balaban J connectivity index is 1.41. The molecule has 1 aromatic carbocycles. The number of carbonyl (C=O) groups is 1. The highest BCUT2D eigenvalue weighted by molar-refractivity contribution is 7.50. The maximum absolute atomic E-state index is 13.6. The number of para-hydroxylation sites is 1. The first-order valence-corrected chi connectivity index (χ1v) is 12.4. The molecule has 194 valence electrons. The Morgan fingerprint density at radius 1 is 1.39 bits per heavy atom. The molecule has 36 heavy (non-hydrogen) atoms. The average molecular weight is 526 g/mol. The van der Waals surface area contributed by atoms with Gasteiger partial charge >= 0.3 is 19.4 Å². The highest BCUT2D eigenvalue weighted by Gasteiger charge is 2.38. The van der Waals surface area contributed by atoms with Gasteiger partial charge in [-0.05, 0) is 11.6 Å². The van der Waals surface area contributed by atoms with Crippen LogP contribution in [0.5, 0.6) is 0 Å². The molecule has 1 aliphatic rings. The van der Waals surface area contributed by atoms with Gasteiger partial charge < -0.3 is 24.5 Å². The number of aromatic nitrogens is 3. The molecule has 0 amide bonds. The van der Waals surface area contributed by atoms with Crippen molar-refractivity contribution in [3.63, 3.8) is 0 Å². The summed E-state index contributed by atoms with van der Waals surface area (Å²) in [5.74, 6) is -2.02. The predicted molar refractivity (Wildman–Crippen MR) is 123 cm³/mol. The van der Waals surface area contributed by atoms with Gasteiger partial charge in [-0.3, -0.25) is 23.7 Å². The van der Waals surface area contributed by atoms with E-state index < -0.39 is 61.9 Å². The molecule has 5 unspecified atom stereocenters. The minimum Gasteiger partial charge on any atom is -0.468 e. The molecule has 1 saturated heterocycles. The third-order valence-corrected chi connectivity index (χ3v) is 6.89. The van der Waals surface area contributed by atoms with Crippen molar-refractivity contribution in [3.8, 4) is 0 Å². The van der Waals surface area contributed by atoms with Crippen LogP contribution >= 0.6 is 7.75 Å². The average Bonchev–Trinajstić information content (AvgIpc) is 3.42. The lowest BCUT2D eigenvalue weighted by molar-refractivity contribution is -0.142. The van der Waals surface area contributed by atoms with Crippen molar-refractivity contribution in [1.29, 1.82) is 0 Å². The number of nitrogens with one attached hydrogen (secondary N) is 3. The molecule has 1 fully saturated rings. The number of aromatic amines is 2. The summed E-state index contributed by atoms with van der Waals surface area (Å²) in [5, 5.41) is 13.4. The first-order chi connectivity index (χ1) is 17.1. The van der Waals surface area contributed by atoms with Crippen molar-refractivity contribution < 1.29 is 37.7 Å². The lowest BCUT2D eigenvalue weighted by Crippen LogP contribution is -2.38. The molecule has 5 atom stereocenters. The Bertz CT molecular complexity index is 1420. The van der Waals surface area contributed by atoms with Crippen LogP contribution in [0.3, 0.4) is 0 Å². The number of H-pyrrole nitrogens is 2. The van der Waals surface area contributed by atoms with Gasteiger partial charge in [0.15, 0.2) is 0 Å². The number of hydrogen-bond acceptors (Lipinski definition) is 8. The predicted octanol–water partition coefficient (Wildman–Crippen LogP) is 0.296. The van der Waals surface area contributed by atoms with E-state index >= 15 is 0 Å². The van der Waals surface area contributed by atoms with Crippen molar-refractivity contribution in [2.75, 3.05) is 13.7 Å². The first-order valence-electron chi connectivity index (χ1n) is 10.8. The number of fused-ring (bicyclic) bond motifs is 1. The molecular weight excluding hydrogens is 502 g/mol. The summed E-state index contributed by atoms with van der Waals surface area (Å²) in [4.78, 5) is 50.6. The van der Waals surface area contributed by atoms with Gasteiger partial charge in [0.05, 0.1) is 26.0 Å². The van der Waals surface area contributed by atoms with Crippen molar-refractivity contribution in [2.24, 2.45) is 0 Å². The summed E-state index contributed by atoms with van der Waals surface area (Å²) in [6, 6.07) is 6.09. The Morgan fingerprint density at radius 3 is 2.89 bits per heavy atom. The van der Waals surface area contributed by atoms with Crippen LogP contribution in [0, 0.1) is 5.82 Å². The minimum atomic E-state index is -4.62. The van der Waals surface area contributed by atoms with Gasteiger partial charge in [0.1, 0.15) is 18.4 Å². The second kappa shape index (κ2) is 10.5. The molecule has 3 aromatic rings. The van der Waals surface area contributed by atoms with Crippen molar-refractivity contribution >= 4 is 24.6 Å². The van der Waals surface area contributed by atoms with E-state index in [9.17, 15) is 33.3 Å². The molecule has 13 nitrogen and oxygen atoms in total. The number of halogens is 1. The third-order valence-electron chi connectivity index (χ3n) is 5.76. The standard InChI is InChI=1S/C21H24FN4O9P/c1-33-20(29)15(6-11-8-23-14-5-3-2-4-12(11)14)25-36(31,32)34-10-17-16(27)7-18(35-17)26-9-13(22)19(28)24-21(26)30/h2-5,8-9,15-18,23,27H,6-7,10H2,1H3,(H,24,28,30)(H2,25,31,32). The third kappa shape index (κ3) is 5.64. The van der Waals surface area contributed by atoms with E-state index in [0.717, 1.165) is 22.6 Å². The number of ether oxygens (including phenoxy) is 2. The molecule has 0 bridgehead atoms. The summed E-state index contributed by atoms with van der Waals surface area (Å²) < 4.78 is 42.3. The van der Waals surface area contributed by atoms with E-state index in [1.165, 1.54) is 0 Å². The monoisotopic (exact) mass is 526 g/mol. The Kier molecular flexibility index (Phi) is 7.54. The normalized spacial score (nSPS) is 22.4. The maximum Gasteiger partial charge on any atom is 0.403 e. The molecule has 2 aromatic heterocycles. The van der Waals surface area contributed by atoms with Gasteiger partial charge in [0.25, 0.3) is 5.56 Å². The van der Waals surface area contributed by atoms with Crippen LogP contribution in [0.25, 0.3) is 10.9 Å². The fourth-order valence-electron chi connectivity index (χ4n) is 3.96. The first kappa shape index (κ1) is 25.9. The molecule has 0 aliphatic carbocycles. The summed E-state index contributed by atoms with van der Waals surface area (Å²) in [6.45, 7) is -0.597. The van der Waals surface area contributed by atoms with E-state index in [-0.39, 0.29) is 12.8 Å². The second-order valence-corrected chi connectivity index (χ2v) is 9.72. The van der Waals surface area contributed by atoms with Crippen LogP contribution in [-0.2, 0) is 29.8 Å². The molecule has 0 radical (unpaired) electrons. The smallest absolute Gasteiger partial charge is 0.403 e. The number of esters is 1. The molecule has 0 saturated carbocycles. The van der Waals surface area contributed by atoms with E-state index in [2.05, 4.69) is 10.1 Å². The maximum atomic E-state index is 13.6. The van der Waals surface area contributed by atoms with Gasteiger partial charge in [-0.1, -0.05) is 18.2 Å². The molecule has 4 rings (SSSR count). The van der Waals surface area contributed by atoms with Crippen molar-refractivity contribution in [3.05, 3.63) is 68.9 Å². The number of benzene rings is 1. The fourth-order valence-corrected chi connectivity index (χ4v) is 4.98. The molecule has 5 N–H and O–H groups in total. The Labute approximate surface area is 202 Å². The van der Waals surface area contributed by atoms with Gasteiger partial charge in [-0.2, -0.15) is 4.39 Å². The largest absolute Gasteiger partial charge is 0.468 e. The fraction of sp³-hybridized carbons (Fsp3) is 0.381. The highest BCUT2D eigenvalue weighted by atomic mass is 31.2.